The Morgan fingerprint density at radius 1 is 1.24 bits per heavy atom. The Labute approximate surface area is 150 Å². The van der Waals surface area contributed by atoms with Crippen molar-refractivity contribution in [1.82, 2.24) is 9.21 Å². The summed E-state index contributed by atoms with van der Waals surface area (Å²) in [6, 6.07) is 7.96. The molecule has 7 heteroatoms. The van der Waals surface area contributed by atoms with Crippen LogP contribution < -0.4 is 0 Å². The van der Waals surface area contributed by atoms with Gasteiger partial charge in [0.2, 0.25) is 15.9 Å². The number of aliphatic hydroxyl groups is 1. The second kappa shape index (κ2) is 7.85. The van der Waals surface area contributed by atoms with Gasteiger partial charge in [0.05, 0.1) is 18.3 Å². The van der Waals surface area contributed by atoms with E-state index in [4.69, 9.17) is 0 Å². The molecule has 1 aromatic carbocycles. The van der Waals surface area contributed by atoms with E-state index in [1.165, 1.54) is 19.7 Å². The van der Waals surface area contributed by atoms with Gasteiger partial charge in [0, 0.05) is 33.1 Å². The number of benzene rings is 1. The molecule has 1 heterocycles. The molecule has 25 heavy (non-hydrogen) atoms. The van der Waals surface area contributed by atoms with Crippen LogP contribution in [-0.4, -0.2) is 67.7 Å². The molecule has 2 rings (SSSR count). The first kappa shape index (κ1) is 19.9. The van der Waals surface area contributed by atoms with Gasteiger partial charge in [0.15, 0.2) is 0 Å². The van der Waals surface area contributed by atoms with E-state index in [9.17, 15) is 18.3 Å². The van der Waals surface area contributed by atoms with Gasteiger partial charge >= 0.3 is 0 Å². The molecule has 1 amide bonds. The van der Waals surface area contributed by atoms with Crippen LogP contribution in [0, 0.1) is 5.92 Å². The lowest BCUT2D eigenvalue weighted by Gasteiger charge is -2.18. The van der Waals surface area contributed by atoms with Crippen molar-refractivity contribution in [3.63, 3.8) is 0 Å². The first-order valence-electron chi connectivity index (χ1n) is 8.55. The Hall–Kier alpha value is -1.44. The SMILES string of the molecule is CC(C)c1ccc(CC(=O)N2C[C@@H](CS(=O)(=O)N(C)C)[C@H](O)C2)cc1. The molecular weight excluding hydrogens is 340 g/mol. The van der Waals surface area contributed by atoms with E-state index < -0.39 is 22.0 Å². The number of rotatable bonds is 6. The van der Waals surface area contributed by atoms with E-state index in [0.717, 1.165) is 9.87 Å². The van der Waals surface area contributed by atoms with E-state index in [0.29, 0.717) is 5.92 Å². The Balaban J connectivity index is 1.97. The normalized spacial score (nSPS) is 21.3. The van der Waals surface area contributed by atoms with Crippen molar-refractivity contribution in [3.05, 3.63) is 35.4 Å². The highest BCUT2D eigenvalue weighted by Crippen LogP contribution is 2.21. The number of carbonyl (C=O) groups is 1. The third kappa shape index (κ3) is 5.03. The number of β-amino-alcohol motifs (C(OH)–C–C–N with tert-alkyl or cyclic N) is 1. The van der Waals surface area contributed by atoms with Gasteiger partial charge in [-0.1, -0.05) is 38.1 Å². The summed E-state index contributed by atoms with van der Waals surface area (Å²) < 4.78 is 25.1. The molecular formula is C18H28N2O4S. The summed E-state index contributed by atoms with van der Waals surface area (Å²) in [4.78, 5) is 14.0. The molecule has 0 aliphatic carbocycles. The molecule has 0 radical (unpaired) electrons. The molecule has 2 atom stereocenters. The van der Waals surface area contributed by atoms with Gasteiger partial charge in [0.1, 0.15) is 0 Å². The fourth-order valence-electron chi connectivity index (χ4n) is 2.95. The fraction of sp³-hybridized carbons (Fsp3) is 0.611. The number of aliphatic hydroxyl groups excluding tert-OH is 1. The maximum Gasteiger partial charge on any atom is 0.227 e. The molecule has 0 aromatic heterocycles. The van der Waals surface area contributed by atoms with Gasteiger partial charge in [-0.15, -0.1) is 0 Å². The highest BCUT2D eigenvalue weighted by atomic mass is 32.2. The smallest absolute Gasteiger partial charge is 0.227 e. The van der Waals surface area contributed by atoms with Crippen LogP contribution in [0.1, 0.15) is 30.9 Å². The minimum Gasteiger partial charge on any atom is -0.391 e. The second-order valence-corrected chi connectivity index (χ2v) is 9.49. The lowest BCUT2D eigenvalue weighted by atomic mass is 10.0. The van der Waals surface area contributed by atoms with Crippen molar-refractivity contribution in [2.45, 2.75) is 32.3 Å². The number of likely N-dealkylation sites (tertiary alicyclic amines) is 1. The Morgan fingerprint density at radius 2 is 1.84 bits per heavy atom. The molecule has 0 spiro atoms. The monoisotopic (exact) mass is 368 g/mol. The summed E-state index contributed by atoms with van der Waals surface area (Å²) in [7, 11) is -0.455. The Bertz CT molecular complexity index is 698. The van der Waals surface area contributed by atoms with E-state index >= 15 is 0 Å². The molecule has 6 nitrogen and oxygen atoms in total. The topological polar surface area (TPSA) is 77.9 Å². The number of nitrogens with zero attached hydrogens (tertiary/aromatic N) is 2. The predicted molar refractivity (Wildman–Crippen MR) is 97.8 cm³/mol. The summed E-state index contributed by atoms with van der Waals surface area (Å²) in [5.41, 5.74) is 2.15. The molecule has 1 N–H and O–H groups in total. The van der Waals surface area contributed by atoms with Crippen LogP contribution in [0.3, 0.4) is 0 Å². The van der Waals surface area contributed by atoms with Crippen LogP contribution in [0.4, 0.5) is 0 Å². The lowest BCUT2D eigenvalue weighted by Crippen LogP contribution is -2.34. The maximum atomic E-state index is 12.5. The molecule has 140 valence electrons. The quantitative estimate of drug-likeness (QED) is 0.815. The number of carbonyl (C=O) groups excluding carboxylic acids is 1. The van der Waals surface area contributed by atoms with Crippen molar-refractivity contribution in [2.75, 3.05) is 32.9 Å². The number of sulfonamides is 1. The molecule has 1 aliphatic rings. The van der Waals surface area contributed by atoms with Crippen LogP contribution >= 0.6 is 0 Å². The minimum atomic E-state index is -3.40. The molecule has 1 aromatic rings. The summed E-state index contributed by atoms with van der Waals surface area (Å²) in [5.74, 6) is -0.229. The van der Waals surface area contributed by atoms with Crippen LogP contribution in [0.5, 0.6) is 0 Å². The number of hydrogen-bond donors (Lipinski definition) is 1. The maximum absolute atomic E-state index is 12.5. The number of hydrogen-bond acceptors (Lipinski definition) is 4. The van der Waals surface area contributed by atoms with E-state index in [1.807, 2.05) is 24.3 Å². The first-order chi connectivity index (χ1) is 11.6. The second-order valence-electron chi connectivity index (χ2n) is 7.26. The molecule has 0 saturated carbocycles. The zero-order chi connectivity index (χ0) is 18.8. The fourth-order valence-corrected chi connectivity index (χ4v) is 4.11. The largest absolute Gasteiger partial charge is 0.391 e. The lowest BCUT2D eigenvalue weighted by molar-refractivity contribution is -0.129. The third-order valence-electron chi connectivity index (χ3n) is 4.74. The zero-order valence-electron chi connectivity index (χ0n) is 15.3. The highest BCUT2D eigenvalue weighted by Gasteiger charge is 2.37. The summed E-state index contributed by atoms with van der Waals surface area (Å²) in [6.07, 6.45) is -0.542. The van der Waals surface area contributed by atoms with Gasteiger partial charge in [-0.25, -0.2) is 12.7 Å². The van der Waals surface area contributed by atoms with Crippen molar-refractivity contribution < 1.29 is 18.3 Å². The van der Waals surface area contributed by atoms with Gasteiger partial charge < -0.3 is 10.0 Å². The minimum absolute atomic E-state index is 0.0823. The third-order valence-corrected chi connectivity index (χ3v) is 6.70. The van der Waals surface area contributed by atoms with Crippen LogP contribution in [0.25, 0.3) is 0 Å². The molecule has 0 unspecified atom stereocenters. The Kier molecular flexibility index (Phi) is 6.24. The predicted octanol–water partition coefficient (Wildman–Crippen LogP) is 1.06. The van der Waals surface area contributed by atoms with Crippen LogP contribution in [-0.2, 0) is 21.2 Å². The van der Waals surface area contributed by atoms with Gasteiger partial charge in [-0.2, -0.15) is 0 Å². The molecule has 1 aliphatic heterocycles. The van der Waals surface area contributed by atoms with Gasteiger partial charge in [-0.3, -0.25) is 4.79 Å². The average molecular weight is 368 g/mol. The highest BCUT2D eigenvalue weighted by molar-refractivity contribution is 7.89. The standard InChI is InChI=1S/C18H28N2O4S/c1-13(2)15-7-5-14(6-8-15)9-18(22)20-10-16(17(21)11-20)12-25(23,24)19(3)4/h5-8,13,16-17,21H,9-12H2,1-4H3/t16-,17+/m0/s1. The van der Waals surface area contributed by atoms with Crippen LogP contribution in [0.15, 0.2) is 24.3 Å². The molecule has 1 fully saturated rings. The van der Waals surface area contributed by atoms with Gasteiger partial charge in [-0.05, 0) is 17.0 Å². The van der Waals surface area contributed by atoms with Crippen molar-refractivity contribution in [1.29, 1.82) is 0 Å². The average Bonchev–Trinajstić information content (AvgIpc) is 2.88. The van der Waals surface area contributed by atoms with Crippen molar-refractivity contribution in [3.8, 4) is 0 Å². The molecule has 0 bridgehead atoms. The van der Waals surface area contributed by atoms with E-state index in [2.05, 4.69) is 13.8 Å². The first-order valence-corrected chi connectivity index (χ1v) is 10.2. The molecule has 1 saturated heterocycles. The zero-order valence-corrected chi connectivity index (χ0v) is 16.2. The Morgan fingerprint density at radius 3 is 2.36 bits per heavy atom. The van der Waals surface area contributed by atoms with Crippen molar-refractivity contribution >= 4 is 15.9 Å². The van der Waals surface area contributed by atoms with Crippen molar-refractivity contribution in [2.24, 2.45) is 5.92 Å². The number of amides is 1. The van der Waals surface area contributed by atoms with Gasteiger partial charge in [0.25, 0.3) is 0 Å². The summed E-state index contributed by atoms with van der Waals surface area (Å²) in [6.45, 7) is 4.70. The summed E-state index contributed by atoms with van der Waals surface area (Å²) in [5, 5.41) is 10.1. The van der Waals surface area contributed by atoms with E-state index in [1.54, 1.807) is 4.90 Å². The van der Waals surface area contributed by atoms with Crippen LogP contribution in [0.2, 0.25) is 0 Å². The van der Waals surface area contributed by atoms with E-state index in [-0.39, 0.29) is 31.2 Å². The summed E-state index contributed by atoms with van der Waals surface area (Å²) >= 11 is 0.